The Labute approximate surface area is 163 Å². The van der Waals surface area contributed by atoms with Gasteiger partial charge in [-0.15, -0.1) is 0 Å². The van der Waals surface area contributed by atoms with Crippen LogP contribution in [0.3, 0.4) is 0 Å². The van der Waals surface area contributed by atoms with E-state index in [1.807, 2.05) is 38.1 Å². The maximum absolute atomic E-state index is 12.6. The lowest BCUT2D eigenvalue weighted by atomic mass is 10.1. The molecule has 0 saturated carbocycles. The van der Waals surface area contributed by atoms with Crippen molar-refractivity contribution in [1.82, 2.24) is 9.97 Å². The SMILES string of the molecule is CNc1cc(NC(=O)c2ccccc2C)nc(NC(=O)c2ccccc2C)n1. The first kappa shape index (κ1) is 19.0. The summed E-state index contributed by atoms with van der Waals surface area (Å²) in [7, 11) is 1.70. The van der Waals surface area contributed by atoms with Crippen molar-refractivity contribution in [2.75, 3.05) is 23.0 Å². The molecule has 0 bridgehead atoms. The van der Waals surface area contributed by atoms with E-state index in [0.717, 1.165) is 11.1 Å². The van der Waals surface area contributed by atoms with Crippen LogP contribution in [0.25, 0.3) is 0 Å². The van der Waals surface area contributed by atoms with Gasteiger partial charge >= 0.3 is 0 Å². The van der Waals surface area contributed by atoms with Crippen LogP contribution in [0.2, 0.25) is 0 Å². The summed E-state index contributed by atoms with van der Waals surface area (Å²) in [5.41, 5.74) is 2.79. The van der Waals surface area contributed by atoms with Gasteiger partial charge in [-0.25, -0.2) is 0 Å². The standard InChI is InChI=1S/C21H21N5O2/c1-13-8-4-6-10-15(13)19(27)23-18-12-17(22-3)24-21(25-18)26-20(28)16-11-7-5-9-14(16)2/h4-12H,1-3H3,(H3,22,23,24,25,26,27,28). The highest BCUT2D eigenvalue weighted by Gasteiger charge is 2.14. The Bertz CT molecular complexity index is 955. The maximum atomic E-state index is 12.6. The molecule has 0 aliphatic carbocycles. The summed E-state index contributed by atoms with van der Waals surface area (Å²) in [5.74, 6) is 0.251. The van der Waals surface area contributed by atoms with E-state index < -0.39 is 0 Å². The molecule has 0 aliphatic rings. The van der Waals surface area contributed by atoms with Crippen LogP contribution in [0, 0.1) is 13.8 Å². The van der Waals surface area contributed by atoms with E-state index in [9.17, 15) is 9.59 Å². The van der Waals surface area contributed by atoms with Crippen LogP contribution in [0.15, 0.2) is 54.6 Å². The van der Waals surface area contributed by atoms with Gasteiger partial charge in [-0.2, -0.15) is 9.97 Å². The summed E-state index contributed by atoms with van der Waals surface area (Å²) in [6, 6.07) is 16.1. The van der Waals surface area contributed by atoms with Gasteiger partial charge < -0.3 is 10.6 Å². The zero-order chi connectivity index (χ0) is 20.1. The molecule has 7 nitrogen and oxygen atoms in total. The lowest BCUT2D eigenvalue weighted by Crippen LogP contribution is -2.18. The number of carbonyl (C=O) groups excluding carboxylic acids is 2. The Hall–Kier alpha value is -3.74. The van der Waals surface area contributed by atoms with E-state index in [1.54, 1.807) is 37.4 Å². The molecular formula is C21H21N5O2. The molecule has 3 aromatic rings. The molecule has 142 valence electrons. The topological polar surface area (TPSA) is 96.0 Å². The zero-order valence-electron chi connectivity index (χ0n) is 15.9. The maximum Gasteiger partial charge on any atom is 0.258 e. The Morgan fingerprint density at radius 3 is 1.79 bits per heavy atom. The predicted octanol–water partition coefficient (Wildman–Crippen LogP) is 3.64. The number of hydrogen-bond donors (Lipinski definition) is 3. The molecule has 0 spiro atoms. The Kier molecular flexibility index (Phi) is 5.64. The number of hydrogen-bond acceptors (Lipinski definition) is 5. The third-order valence-electron chi connectivity index (χ3n) is 4.23. The fourth-order valence-electron chi connectivity index (χ4n) is 2.70. The summed E-state index contributed by atoms with van der Waals surface area (Å²) < 4.78 is 0. The van der Waals surface area contributed by atoms with Crippen molar-refractivity contribution in [2.24, 2.45) is 0 Å². The van der Waals surface area contributed by atoms with Crippen molar-refractivity contribution in [3.8, 4) is 0 Å². The Morgan fingerprint density at radius 2 is 1.25 bits per heavy atom. The molecule has 1 heterocycles. The minimum atomic E-state index is -0.317. The molecule has 2 amide bonds. The second-order valence-corrected chi connectivity index (χ2v) is 6.25. The Morgan fingerprint density at radius 1 is 0.750 bits per heavy atom. The quantitative estimate of drug-likeness (QED) is 0.633. The van der Waals surface area contributed by atoms with Crippen LogP contribution in [-0.2, 0) is 0 Å². The molecule has 0 saturated heterocycles. The summed E-state index contributed by atoms with van der Waals surface area (Å²) in [6.45, 7) is 3.72. The molecule has 3 rings (SSSR count). The van der Waals surface area contributed by atoms with E-state index in [4.69, 9.17) is 0 Å². The highest BCUT2D eigenvalue weighted by atomic mass is 16.2. The highest BCUT2D eigenvalue weighted by molar-refractivity contribution is 6.06. The average Bonchev–Trinajstić information content (AvgIpc) is 2.68. The van der Waals surface area contributed by atoms with Crippen molar-refractivity contribution < 1.29 is 9.59 Å². The van der Waals surface area contributed by atoms with Gasteiger partial charge in [0, 0.05) is 24.2 Å². The zero-order valence-corrected chi connectivity index (χ0v) is 15.9. The fraction of sp³-hybridized carbons (Fsp3) is 0.143. The van der Waals surface area contributed by atoms with Crippen molar-refractivity contribution in [1.29, 1.82) is 0 Å². The monoisotopic (exact) mass is 375 g/mol. The predicted molar refractivity (Wildman–Crippen MR) is 110 cm³/mol. The van der Waals surface area contributed by atoms with E-state index >= 15 is 0 Å². The van der Waals surface area contributed by atoms with Crippen LogP contribution in [0.5, 0.6) is 0 Å². The van der Waals surface area contributed by atoms with Gasteiger partial charge in [-0.1, -0.05) is 36.4 Å². The van der Waals surface area contributed by atoms with Gasteiger partial charge in [0.15, 0.2) is 0 Å². The van der Waals surface area contributed by atoms with Crippen molar-refractivity contribution in [3.05, 3.63) is 76.9 Å². The van der Waals surface area contributed by atoms with E-state index in [-0.39, 0.29) is 23.6 Å². The van der Waals surface area contributed by atoms with Crippen LogP contribution >= 0.6 is 0 Å². The number of nitrogens with zero attached hydrogens (tertiary/aromatic N) is 2. The fourth-order valence-corrected chi connectivity index (χ4v) is 2.70. The number of aryl methyl sites for hydroxylation is 2. The number of benzene rings is 2. The number of rotatable bonds is 5. The van der Waals surface area contributed by atoms with Crippen molar-refractivity contribution in [2.45, 2.75) is 13.8 Å². The normalized spacial score (nSPS) is 10.2. The molecule has 3 N–H and O–H groups in total. The molecular weight excluding hydrogens is 354 g/mol. The van der Waals surface area contributed by atoms with Gasteiger partial charge in [0.2, 0.25) is 5.95 Å². The molecule has 2 aromatic carbocycles. The molecule has 0 unspecified atom stereocenters. The van der Waals surface area contributed by atoms with E-state index in [2.05, 4.69) is 25.9 Å². The van der Waals surface area contributed by atoms with Gasteiger partial charge in [-0.3, -0.25) is 14.9 Å². The van der Waals surface area contributed by atoms with Crippen LogP contribution in [-0.4, -0.2) is 28.8 Å². The van der Waals surface area contributed by atoms with Gasteiger partial charge in [0.1, 0.15) is 11.6 Å². The van der Waals surface area contributed by atoms with Gasteiger partial charge in [0.05, 0.1) is 0 Å². The minimum absolute atomic E-state index is 0.0974. The number of amides is 2. The molecule has 0 fully saturated rings. The molecule has 7 heteroatoms. The number of anilines is 3. The third-order valence-corrected chi connectivity index (χ3v) is 4.23. The Balaban J connectivity index is 1.84. The second-order valence-electron chi connectivity index (χ2n) is 6.25. The average molecular weight is 375 g/mol. The molecule has 1 aromatic heterocycles. The highest BCUT2D eigenvalue weighted by Crippen LogP contribution is 2.17. The summed E-state index contributed by atoms with van der Waals surface area (Å²) in [6.07, 6.45) is 0. The van der Waals surface area contributed by atoms with Gasteiger partial charge in [0.25, 0.3) is 11.8 Å². The lowest BCUT2D eigenvalue weighted by Gasteiger charge is -2.11. The lowest BCUT2D eigenvalue weighted by molar-refractivity contribution is 0.101. The molecule has 0 aliphatic heterocycles. The molecule has 0 radical (unpaired) electrons. The first-order chi connectivity index (χ1) is 13.5. The van der Waals surface area contributed by atoms with Crippen molar-refractivity contribution in [3.63, 3.8) is 0 Å². The largest absolute Gasteiger partial charge is 0.373 e. The number of carbonyl (C=O) groups is 2. The minimum Gasteiger partial charge on any atom is -0.373 e. The summed E-state index contributed by atoms with van der Waals surface area (Å²) in [5, 5.41) is 8.35. The first-order valence-corrected chi connectivity index (χ1v) is 8.78. The van der Waals surface area contributed by atoms with Crippen LogP contribution < -0.4 is 16.0 Å². The third kappa shape index (κ3) is 4.32. The summed E-state index contributed by atoms with van der Waals surface area (Å²) in [4.78, 5) is 33.6. The van der Waals surface area contributed by atoms with Crippen LogP contribution in [0.4, 0.5) is 17.6 Å². The molecule has 0 atom stereocenters. The van der Waals surface area contributed by atoms with Crippen LogP contribution in [0.1, 0.15) is 31.8 Å². The first-order valence-electron chi connectivity index (χ1n) is 8.78. The van der Waals surface area contributed by atoms with Gasteiger partial charge in [-0.05, 0) is 37.1 Å². The van der Waals surface area contributed by atoms with E-state index in [1.165, 1.54) is 0 Å². The number of nitrogens with one attached hydrogen (secondary N) is 3. The van der Waals surface area contributed by atoms with Crippen molar-refractivity contribution >= 4 is 29.4 Å². The smallest absolute Gasteiger partial charge is 0.258 e. The van der Waals surface area contributed by atoms with E-state index in [0.29, 0.717) is 16.9 Å². The molecule has 28 heavy (non-hydrogen) atoms. The second kappa shape index (κ2) is 8.30. The summed E-state index contributed by atoms with van der Waals surface area (Å²) >= 11 is 0. The number of aromatic nitrogens is 2.